The van der Waals surface area contributed by atoms with E-state index in [0.717, 1.165) is 51.5 Å². The molecule has 2 saturated heterocycles. The molecule has 3 aliphatic rings. The molecular weight excluding hydrogens is 324 g/mol. The van der Waals surface area contributed by atoms with Gasteiger partial charge in [-0.15, -0.1) is 0 Å². The van der Waals surface area contributed by atoms with E-state index in [-0.39, 0.29) is 5.41 Å². The van der Waals surface area contributed by atoms with Gasteiger partial charge in [-0.05, 0) is 51.5 Å². The third-order valence-corrected chi connectivity index (χ3v) is 7.19. The highest BCUT2D eigenvalue weighted by Crippen LogP contribution is 2.41. The lowest BCUT2D eigenvalue weighted by molar-refractivity contribution is -0.146. The summed E-state index contributed by atoms with van der Waals surface area (Å²) in [4.78, 5) is 18.1. The van der Waals surface area contributed by atoms with Crippen LogP contribution in [0.15, 0.2) is 6.20 Å². The van der Waals surface area contributed by atoms with E-state index in [9.17, 15) is 4.79 Å². The van der Waals surface area contributed by atoms with Crippen LogP contribution in [-0.4, -0.2) is 51.7 Å². The largest absolute Gasteiger partial charge is 0.342 e. The van der Waals surface area contributed by atoms with Gasteiger partial charge < -0.3 is 4.90 Å². The lowest BCUT2D eigenvalue weighted by atomic mass is 9.77. The van der Waals surface area contributed by atoms with Crippen LogP contribution in [0.2, 0.25) is 0 Å². The second-order valence-electron chi connectivity index (χ2n) is 8.98. The molecule has 1 spiro atoms. The molecule has 0 bridgehead atoms. The standard InChI is InChI=1S/C21H34N4O/c1-17-19(13-22-23(17)2)15-24-12-10-21(16-24)9-6-11-25(20(21)26)14-18-7-4-3-5-8-18/h13,18H,3-12,14-16H2,1-2H3. The quantitative estimate of drug-likeness (QED) is 0.830. The van der Waals surface area contributed by atoms with Crippen molar-refractivity contribution < 1.29 is 4.79 Å². The first-order chi connectivity index (χ1) is 12.6. The molecule has 1 amide bonds. The zero-order valence-corrected chi connectivity index (χ0v) is 16.5. The molecule has 1 saturated carbocycles. The van der Waals surface area contributed by atoms with Crippen LogP contribution in [0.4, 0.5) is 0 Å². The smallest absolute Gasteiger partial charge is 0.230 e. The Morgan fingerprint density at radius 1 is 1.15 bits per heavy atom. The second kappa shape index (κ2) is 7.34. The van der Waals surface area contributed by atoms with Crippen LogP contribution in [-0.2, 0) is 18.4 Å². The van der Waals surface area contributed by atoms with Crippen LogP contribution >= 0.6 is 0 Å². The zero-order chi connectivity index (χ0) is 18.1. The van der Waals surface area contributed by atoms with E-state index in [0.29, 0.717) is 5.91 Å². The van der Waals surface area contributed by atoms with Gasteiger partial charge in [0.05, 0.1) is 11.6 Å². The summed E-state index contributed by atoms with van der Waals surface area (Å²) < 4.78 is 1.94. The first kappa shape index (κ1) is 18.0. The van der Waals surface area contributed by atoms with Crippen molar-refractivity contribution in [3.63, 3.8) is 0 Å². The van der Waals surface area contributed by atoms with Gasteiger partial charge in [0.15, 0.2) is 0 Å². The van der Waals surface area contributed by atoms with Crippen LogP contribution in [0.3, 0.4) is 0 Å². The molecule has 3 heterocycles. The number of piperidine rings is 1. The van der Waals surface area contributed by atoms with Gasteiger partial charge in [-0.1, -0.05) is 19.3 Å². The maximum atomic E-state index is 13.4. The third-order valence-electron chi connectivity index (χ3n) is 7.19. The van der Waals surface area contributed by atoms with Crippen LogP contribution in [0, 0.1) is 18.3 Å². The Morgan fingerprint density at radius 3 is 2.69 bits per heavy atom. The Kier molecular flexibility index (Phi) is 5.09. The van der Waals surface area contributed by atoms with Crippen molar-refractivity contribution in [2.75, 3.05) is 26.2 Å². The summed E-state index contributed by atoms with van der Waals surface area (Å²) in [6.07, 6.45) is 12.0. The van der Waals surface area contributed by atoms with Gasteiger partial charge in [0, 0.05) is 44.5 Å². The summed E-state index contributed by atoms with van der Waals surface area (Å²) in [5.74, 6) is 1.21. The van der Waals surface area contributed by atoms with Crippen molar-refractivity contribution in [1.82, 2.24) is 19.6 Å². The molecule has 26 heavy (non-hydrogen) atoms. The van der Waals surface area contributed by atoms with Gasteiger partial charge >= 0.3 is 0 Å². The summed E-state index contributed by atoms with van der Waals surface area (Å²) in [6, 6.07) is 0. The summed E-state index contributed by atoms with van der Waals surface area (Å²) >= 11 is 0. The van der Waals surface area contributed by atoms with Crippen molar-refractivity contribution in [2.24, 2.45) is 18.4 Å². The van der Waals surface area contributed by atoms with E-state index in [1.165, 1.54) is 49.8 Å². The van der Waals surface area contributed by atoms with Gasteiger partial charge in [-0.3, -0.25) is 14.4 Å². The highest BCUT2D eigenvalue weighted by Gasteiger charge is 2.48. The molecule has 1 atom stereocenters. The Labute approximate surface area is 157 Å². The fraction of sp³-hybridized carbons (Fsp3) is 0.810. The van der Waals surface area contributed by atoms with E-state index >= 15 is 0 Å². The fourth-order valence-corrected chi connectivity index (χ4v) is 5.42. The number of rotatable bonds is 4. The molecule has 1 unspecified atom stereocenters. The topological polar surface area (TPSA) is 41.4 Å². The van der Waals surface area contributed by atoms with E-state index in [4.69, 9.17) is 0 Å². The van der Waals surface area contributed by atoms with Crippen molar-refractivity contribution >= 4 is 5.91 Å². The minimum Gasteiger partial charge on any atom is -0.342 e. The number of nitrogens with zero attached hydrogens (tertiary/aromatic N) is 4. The highest BCUT2D eigenvalue weighted by atomic mass is 16.2. The number of likely N-dealkylation sites (tertiary alicyclic amines) is 2. The van der Waals surface area contributed by atoms with Gasteiger partial charge in [-0.25, -0.2) is 0 Å². The van der Waals surface area contributed by atoms with Crippen molar-refractivity contribution in [3.8, 4) is 0 Å². The van der Waals surface area contributed by atoms with Gasteiger partial charge in [0.1, 0.15) is 0 Å². The molecule has 0 aromatic carbocycles. The number of aromatic nitrogens is 2. The molecule has 0 N–H and O–H groups in total. The van der Waals surface area contributed by atoms with Gasteiger partial charge in [0.25, 0.3) is 0 Å². The van der Waals surface area contributed by atoms with E-state index in [1.54, 1.807) is 0 Å². The molecule has 144 valence electrons. The van der Waals surface area contributed by atoms with Crippen molar-refractivity contribution in [1.29, 1.82) is 0 Å². The first-order valence-electron chi connectivity index (χ1n) is 10.6. The fourth-order valence-electron chi connectivity index (χ4n) is 5.42. The summed E-state index contributed by atoms with van der Waals surface area (Å²) in [7, 11) is 2.00. The average molecular weight is 359 g/mol. The second-order valence-corrected chi connectivity index (χ2v) is 8.98. The van der Waals surface area contributed by atoms with Crippen molar-refractivity contribution in [2.45, 2.75) is 64.8 Å². The summed E-state index contributed by atoms with van der Waals surface area (Å²) in [6.45, 7) is 7.03. The highest BCUT2D eigenvalue weighted by molar-refractivity contribution is 5.84. The molecule has 5 heteroatoms. The van der Waals surface area contributed by atoms with Crippen LogP contribution in [0.5, 0.6) is 0 Å². The number of hydrogen-bond donors (Lipinski definition) is 0. The minimum atomic E-state index is -0.108. The van der Waals surface area contributed by atoms with Crippen LogP contribution in [0.25, 0.3) is 0 Å². The zero-order valence-electron chi connectivity index (χ0n) is 16.5. The molecule has 1 aliphatic carbocycles. The van der Waals surface area contributed by atoms with E-state index in [1.807, 2.05) is 17.9 Å². The molecule has 4 rings (SSSR count). The monoisotopic (exact) mass is 358 g/mol. The minimum absolute atomic E-state index is 0.108. The van der Waals surface area contributed by atoms with Crippen LogP contribution < -0.4 is 0 Å². The Hall–Kier alpha value is -1.36. The molecule has 0 radical (unpaired) electrons. The predicted molar refractivity (Wildman–Crippen MR) is 103 cm³/mol. The van der Waals surface area contributed by atoms with E-state index in [2.05, 4.69) is 21.8 Å². The molecule has 5 nitrogen and oxygen atoms in total. The normalized spacial score (nSPS) is 28.4. The lowest BCUT2D eigenvalue weighted by Gasteiger charge is -2.41. The predicted octanol–water partition coefficient (Wildman–Crippen LogP) is 3.12. The van der Waals surface area contributed by atoms with Gasteiger partial charge in [0.2, 0.25) is 5.91 Å². The number of amides is 1. The summed E-state index contributed by atoms with van der Waals surface area (Å²) in [5, 5.41) is 4.37. The number of carbonyl (C=O) groups is 1. The number of aryl methyl sites for hydroxylation is 1. The Balaban J connectivity index is 1.39. The average Bonchev–Trinajstić information content (AvgIpc) is 3.19. The SMILES string of the molecule is Cc1c(CN2CCC3(CCCN(CC4CCCCC4)C3=O)C2)cnn1C. The third kappa shape index (κ3) is 3.42. The molecule has 1 aromatic rings. The Morgan fingerprint density at radius 2 is 1.96 bits per heavy atom. The van der Waals surface area contributed by atoms with Crippen molar-refractivity contribution in [3.05, 3.63) is 17.5 Å². The summed E-state index contributed by atoms with van der Waals surface area (Å²) in [5.41, 5.74) is 2.43. The maximum Gasteiger partial charge on any atom is 0.230 e. The first-order valence-corrected chi connectivity index (χ1v) is 10.6. The van der Waals surface area contributed by atoms with Crippen LogP contribution in [0.1, 0.15) is 62.6 Å². The molecule has 3 fully saturated rings. The maximum absolute atomic E-state index is 13.4. The van der Waals surface area contributed by atoms with E-state index < -0.39 is 0 Å². The number of carbonyl (C=O) groups excluding carboxylic acids is 1. The molecule has 1 aromatic heterocycles. The molecular formula is C21H34N4O. The Bertz CT molecular complexity index is 648. The van der Waals surface area contributed by atoms with Gasteiger partial charge in [-0.2, -0.15) is 5.10 Å². The number of hydrogen-bond acceptors (Lipinski definition) is 3. The molecule has 2 aliphatic heterocycles. The lowest BCUT2D eigenvalue weighted by Crippen LogP contribution is -2.51.